The van der Waals surface area contributed by atoms with Gasteiger partial charge in [0.1, 0.15) is 0 Å². The Hall–Kier alpha value is -9.76. The molecule has 2 heteroatoms. The van der Waals surface area contributed by atoms with E-state index in [1.807, 2.05) is 0 Å². The molecular weight excluding hydrogens is 893 g/mol. The van der Waals surface area contributed by atoms with Crippen LogP contribution in [0.25, 0.3) is 143 Å². The van der Waals surface area contributed by atoms with Gasteiger partial charge >= 0.3 is 0 Å². The first kappa shape index (κ1) is 42.0. The summed E-state index contributed by atoms with van der Waals surface area (Å²) in [6.45, 7) is 0. The standard InChI is InChI=1S/C72H46N2/c1-5-21-47(22-6-1)51-39-40-59-61(42-51)72(66-46-74(54-29-11-4-12-30-54)68-36-20-18-33-57(66)68)63-43-60-55-31-15-16-34-58(55)70(52-38-37-48-23-13-14-26-50(48)41-52)69(49-24-7-2-8-25-49)62(60)44-64(63)71(59)65-45-73(53-27-9-3-10-28-53)67-35-19-17-32-56(65)67/h1-46H. The number of nitrogens with zero attached hydrogens (tertiary/aromatic N) is 2. The molecule has 0 aliphatic carbocycles. The second-order valence-corrected chi connectivity index (χ2v) is 19.6. The lowest BCUT2D eigenvalue weighted by molar-refractivity contribution is 1.13. The minimum atomic E-state index is 1.13. The second-order valence-electron chi connectivity index (χ2n) is 19.6. The van der Waals surface area contributed by atoms with E-state index >= 15 is 0 Å². The smallest absolute Gasteiger partial charge is 0.0534 e. The summed E-state index contributed by atoms with van der Waals surface area (Å²) in [6.07, 6.45) is 4.79. The van der Waals surface area contributed by atoms with Crippen LogP contribution in [0.1, 0.15) is 0 Å². The van der Waals surface area contributed by atoms with Crippen LogP contribution in [-0.2, 0) is 0 Å². The summed E-state index contributed by atoms with van der Waals surface area (Å²) in [4.78, 5) is 0. The summed E-state index contributed by atoms with van der Waals surface area (Å²) in [5, 5.41) is 14.6. The SMILES string of the molecule is c1ccc(-c2ccc3c(-c4cn(-c5ccccc5)c5ccccc45)c4cc5c(-c6ccccc6)c(-c6ccc7ccccc7c6)c6ccccc6c5cc4c(-c4cn(-c5ccccc5)c5ccccc45)c3c2)cc1. The van der Waals surface area contributed by atoms with Crippen LogP contribution >= 0.6 is 0 Å². The Labute approximate surface area is 428 Å². The third kappa shape index (κ3) is 6.59. The van der Waals surface area contributed by atoms with Crippen LogP contribution in [0.15, 0.2) is 279 Å². The third-order valence-electron chi connectivity index (χ3n) is 15.5. The Morgan fingerprint density at radius 3 is 1.24 bits per heavy atom. The van der Waals surface area contributed by atoms with Crippen molar-refractivity contribution in [2.45, 2.75) is 0 Å². The molecule has 0 spiro atoms. The number of hydrogen-bond donors (Lipinski definition) is 0. The molecule has 0 aliphatic rings. The van der Waals surface area contributed by atoms with Gasteiger partial charge in [-0.1, -0.05) is 206 Å². The molecule has 74 heavy (non-hydrogen) atoms. The number of para-hydroxylation sites is 4. The van der Waals surface area contributed by atoms with Gasteiger partial charge in [-0.05, 0) is 159 Å². The van der Waals surface area contributed by atoms with Crippen LogP contribution in [0.5, 0.6) is 0 Å². The van der Waals surface area contributed by atoms with Gasteiger partial charge in [-0.25, -0.2) is 0 Å². The predicted molar refractivity (Wildman–Crippen MR) is 315 cm³/mol. The van der Waals surface area contributed by atoms with Crippen molar-refractivity contribution in [1.82, 2.24) is 9.13 Å². The Morgan fingerprint density at radius 1 is 0.203 bits per heavy atom. The number of aromatic nitrogens is 2. The highest BCUT2D eigenvalue weighted by atomic mass is 15.0. The maximum Gasteiger partial charge on any atom is 0.0534 e. The Kier molecular flexibility index (Phi) is 9.61. The zero-order chi connectivity index (χ0) is 48.7. The van der Waals surface area contributed by atoms with Gasteiger partial charge in [0.25, 0.3) is 0 Å². The fraction of sp³-hybridized carbons (Fsp3) is 0. The van der Waals surface area contributed by atoms with Crippen molar-refractivity contribution in [1.29, 1.82) is 0 Å². The van der Waals surface area contributed by atoms with Crippen molar-refractivity contribution in [3.8, 4) is 67.0 Å². The van der Waals surface area contributed by atoms with E-state index in [-0.39, 0.29) is 0 Å². The molecule has 0 atom stereocenters. The molecule has 0 saturated heterocycles. The molecule has 13 aromatic carbocycles. The van der Waals surface area contributed by atoms with Crippen molar-refractivity contribution in [3.63, 3.8) is 0 Å². The number of rotatable bonds is 7. The van der Waals surface area contributed by atoms with Crippen LogP contribution in [0, 0.1) is 0 Å². The summed E-state index contributed by atoms with van der Waals surface area (Å²) in [6, 6.07) is 98.5. The highest BCUT2D eigenvalue weighted by Gasteiger charge is 2.26. The van der Waals surface area contributed by atoms with Gasteiger partial charge in [0.15, 0.2) is 0 Å². The first-order valence-electron chi connectivity index (χ1n) is 25.6. The minimum absolute atomic E-state index is 1.13. The average Bonchev–Trinajstić information content (AvgIpc) is 4.07. The summed E-state index contributed by atoms with van der Waals surface area (Å²) < 4.78 is 4.76. The maximum absolute atomic E-state index is 2.57. The van der Waals surface area contributed by atoms with E-state index < -0.39 is 0 Å². The normalized spacial score (nSPS) is 11.8. The fourth-order valence-corrected chi connectivity index (χ4v) is 12.2. The highest BCUT2D eigenvalue weighted by molar-refractivity contribution is 6.31. The molecule has 0 bridgehead atoms. The molecular formula is C72H46N2. The molecule has 2 heterocycles. The molecule has 2 nitrogen and oxygen atoms in total. The summed E-state index contributed by atoms with van der Waals surface area (Å²) in [7, 11) is 0. The van der Waals surface area contributed by atoms with Gasteiger partial charge in [0, 0.05) is 45.7 Å². The van der Waals surface area contributed by atoms with Gasteiger partial charge in [-0.3, -0.25) is 0 Å². The molecule has 0 unspecified atom stereocenters. The lowest BCUT2D eigenvalue weighted by atomic mass is 9.80. The van der Waals surface area contributed by atoms with Crippen molar-refractivity contribution in [3.05, 3.63) is 279 Å². The van der Waals surface area contributed by atoms with Gasteiger partial charge in [-0.2, -0.15) is 0 Å². The zero-order valence-electron chi connectivity index (χ0n) is 40.5. The summed E-state index contributed by atoms with van der Waals surface area (Å²) >= 11 is 0. The number of fused-ring (bicyclic) bond motifs is 8. The molecule has 15 aromatic rings. The van der Waals surface area contributed by atoms with E-state index in [1.54, 1.807) is 0 Å². The lowest BCUT2D eigenvalue weighted by Gasteiger charge is -2.22. The number of hydrogen-bond acceptors (Lipinski definition) is 0. The first-order chi connectivity index (χ1) is 36.7. The first-order valence-corrected chi connectivity index (χ1v) is 25.6. The molecule has 344 valence electrons. The van der Waals surface area contributed by atoms with E-state index in [1.165, 1.54) is 131 Å². The predicted octanol–water partition coefficient (Wildman–Crippen LogP) is 19.7. The van der Waals surface area contributed by atoms with Crippen LogP contribution in [0.4, 0.5) is 0 Å². The van der Waals surface area contributed by atoms with Crippen LogP contribution in [0.3, 0.4) is 0 Å². The molecule has 0 saturated carbocycles. The Balaban J connectivity index is 1.18. The van der Waals surface area contributed by atoms with Gasteiger partial charge in [0.05, 0.1) is 11.0 Å². The van der Waals surface area contributed by atoms with E-state index in [0.29, 0.717) is 0 Å². The Bertz CT molecular complexity index is 4680. The minimum Gasteiger partial charge on any atom is -0.316 e. The number of benzene rings is 13. The lowest BCUT2D eigenvalue weighted by Crippen LogP contribution is -1.95. The topological polar surface area (TPSA) is 9.86 Å². The van der Waals surface area contributed by atoms with Crippen LogP contribution in [0.2, 0.25) is 0 Å². The van der Waals surface area contributed by atoms with E-state index in [0.717, 1.165) is 11.4 Å². The third-order valence-corrected chi connectivity index (χ3v) is 15.5. The van der Waals surface area contributed by atoms with E-state index in [9.17, 15) is 0 Å². The molecule has 0 fully saturated rings. The zero-order valence-corrected chi connectivity index (χ0v) is 40.5. The van der Waals surface area contributed by atoms with E-state index in [4.69, 9.17) is 0 Å². The van der Waals surface area contributed by atoms with Gasteiger partial charge in [0.2, 0.25) is 0 Å². The fourth-order valence-electron chi connectivity index (χ4n) is 12.2. The van der Waals surface area contributed by atoms with E-state index in [2.05, 4.69) is 288 Å². The largest absolute Gasteiger partial charge is 0.316 e. The molecule has 0 radical (unpaired) electrons. The summed E-state index contributed by atoms with van der Waals surface area (Å²) in [5.41, 5.74) is 16.7. The second kappa shape index (κ2) is 16.9. The van der Waals surface area contributed by atoms with Gasteiger partial charge < -0.3 is 9.13 Å². The summed E-state index contributed by atoms with van der Waals surface area (Å²) in [5.74, 6) is 0. The highest BCUT2D eigenvalue weighted by Crippen LogP contribution is 2.53. The quantitative estimate of drug-likeness (QED) is 0.111. The van der Waals surface area contributed by atoms with Gasteiger partial charge in [-0.15, -0.1) is 0 Å². The van der Waals surface area contributed by atoms with Crippen molar-refractivity contribution < 1.29 is 0 Å². The molecule has 15 rings (SSSR count). The van der Waals surface area contributed by atoms with Crippen molar-refractivity contribution >= 4 is 75.7 Å². The maximum atomic E-state index is 2.57. The molecule has 2 aromatic heterocycles. The molecule has 0 N–H and O–H groups in total. The average molecular weight is 939 g/mol. The molecule has 0 amide bonds. The van der Waals surface area contributed by atoms with Crippen molar-refractivity contribution in [2.24, 2.45) is 0 Å². The van der Waals surface area contributed by atoms with Crippen LogP contribution < -0.4 is 0 Å². The van der Waals surface area contributed by atoms with Crippen LogP contribution in [-0.4, -0.2) is 9.13 Å². The molecule has 0 aliphatic heterocycles. The Morgan fingerprint density at radius 2 is 0.622 bits per heavy atom. The van der Waals surface area contributed by atoms with Crippen molar-refractivity contribution in [2.75, 3.05) is 0 Å². The monoisotopic (exact) mass is 938 g/mol.